The van der Waals surface area contributed by atoms with E-state index < -0.39 is 8.07 Å². The number of amides is 1. The Kier molecular flexibility index (Phi) is 3.51. The normalized spacial score (nSPS) is 15.2. The molecule has 0 spiro atoms. The lowest BCUT2D eigenvalue weighted by atomic mass is 10.0. The lowest BCUT2D eigenvalue weighted by Crippen LogP contribution is -2.16. The molecule has 1 aliphatic rings. The van der Waals surface area contributed by atoms with Gasteiger partial charge in [0, 0.05) is 28.7 Å². The molecule has 0 saturated heterocycles. The van der Waals surface area contributed by atoms with Gasteiger partial charge in [0.15, 0.2) is 0 Å². The number of nitrogens with one attached hydrogen (secondary N) is 2. The standard InChI is InChI=1S/C18H18N2OSi/c1-22(2,3)10-8-13-6-7-17-15(11-13)16(18(21)20-17)12-14-5-4-9-19-14/h4-7,9,11-12,19H,1-3H3,(H,20,21)/b16-12-. The number of anilines is 1. The van der Waals surface area contributed by atoms with E-state index in [-0.39, 0.29) is 5.91 Å². The second-order valence-electron chi connectivity index (χ2n) is 6.40. The summed E-state index contributed by atoms with van der Waals surface area (Å²) < 4.78 is 0. The summed E-state index contributed by atoms with van der Waals surface area (Å²) in [6, 6.07) is 9.74. The van der Waals surface area contributed by atoms with Crippen molar-refractivity contribution in [1.29, 1.82) is 0 Å². The lowest BCUT2D eigenvalue weighted by Gasteiger charge is -2.04. The van der Waals surface area contributed by atoms with Gasteiger partial charge in [-0.1, -0.05) is 25.6 Å². The van der Waals surface area contributed by atoms with Gasteiger partial charge in [0.25, 0.3) is 5.91 Å². The number of aromatic nitrogens is 1. The van der Waals surface area contributed by atoms with E-state index in [0.717, 1.165) is 22.5 Å². The molecule has 0 bridgehead atoms. The van der Waals surface area contributed by atoms with Gasteiger partial charge in [-0.25, -0.2) is 0 Å². The summed E-state index contributed by atoms with van der Waals surface area (Å²) in [6.45, 7) is 6.65. The van der Waals surface area contributed by atoms with Crippen LogP contribution in [0.1, 0.15) is 16.8 Å². The van der Waals surface area contributed by atoms with Crippen LogP contribution in [0.4, 0.5) is 5.69 Å². The van der Waals surface area contributed by atoms with E-state index in [1.165, 1.54) is 0 Å². The summed E-state index contributed by atoms with van der Waals surface area (Å²) in [5, 5.41) is 2.90. The number of benzene rings is 1. The van der Waals surface area contributed by atoms with E-state index in [9.17, 15) is 4.79 Å². The maximum absolute atomic E-state index is 12.2. The van der Waals surface area contributed by atoms with Crippen LogP contribution in [0.2, 0.25) is 19.6 Å². The van der Waals surface area contributed by atoms with Gasteiger partial charge in [0.1, 0.15) is 8.07 Å². The molecule has 1 amide bonds. The fraction of sp³-hybridized carbons (Fsp3) is 0.167. The van der Waals surface area contributed by atoms with Crippen LogP contribution in [0.25, 0.3) is 11.6 Å². The van der Waals surface area contributed by atoms with Crippen molar-refractivity contribution in [3.8, 4) is 11.5 Å². The lowest BCUT2D eigenvalue weighted by molar-refractivity contribution is -0.110. The maximum atomic E-state index is 12.2. The van der Waals surface area contributed by atoms with Gasteiger partial charge >= 0.3 is 0 Å². The molecule has 3 rings (SSSR count). The number of carbonyl (C=O) groups is 1. The highest BCUT2D eigenvalue weighted by Crippen LogP contribution is 2.33. The number of fused-ring (bicyclic) bond motifs is 1. The number of hydrogen-bond acceptors (Lipinski definition) is 1. The fourth-order valence-corrected chi connectivity index (χ4v) is 2.78. The first-order valence-electron chi connectivity index (χ1n) is 7.26. The number of hydrogen-bond donors (Lipinski definition) is 2. The van der Waals surface area contributed by atoms with Gasteiger partial charge in [-0.3, -0.25) is 4.79 Å². The van der Waals surface area contributed by atoms with Gasteiger partial charge in [-0.15, -0.1) is 5.54 Å². The van der Waals surface area contributed by atoms with Crippen molar-refractivity contribution in [2.24, 2.45) is 0 Å². The first-order valence-corrected chi connectivity index (χ1v) is 10.8. The summed E-state index contributed by atoms with van der Waals surface area (Å²) in [4.78, 5) is 15.3. The number of H-pyrrole nitrogens is 1. The van der Waals surface area contributed by atoms with Gasteiger partial charge < -0.3 is 10.3 Å². The molecule has 1 aromatic heterocycles. The molecule has 110 valence electrons. The van der Waals surface area contributed by atoms with E-state index >= 15 is 0 Å². The summed E-state index contributed by atoms with van der Waals surface area (Å²) in [6.07, 6.45) is 3.72. The van der Waals surface area contributed by atoms with Crippen molar-refractivity contribution in [1.82, 2.24) is 4.98 Å². The van der Waals surface area contributed by atoms with Crippen molar-refractivity contribution >= 4 is 31.3 Å². The zero-order valence-corrected chi connectivity index (χ0v) is 13.9. The second-order valence-corrected chi connectivity index (χ2v) is 11.1. The molecule has 2 heterocycles. The number of carbonyl (C=O) groups excluding carboxylic acids is 1. The van der Waals surface area contributed by atoms with Crippen LogP contribution < -0.4 is 5.32 Å². The third-order valence-electron chi connectivity index (χ3n) is 3.31. The summed E-state index contributed by atoms with van der Waals surface area (Å²) in [7, 11) is -1.41. The molecule has 0 radical (unpaired) electrons. The zero-order chi connectivity index (χ0) is 15.7. The maximum Gasteiger partial charge on any atom is 0.256 e. The van der Waals surface area contributed by atoms with Crippen LogP contribution >= 0.6 is 0 Å². The second kappa shape index (κ2) is 5.36. The molecule has 22 heavy (non-hydrogen) atoms. The monoisotopic (exact) mass is 306 g/mol. The van der Waals surface area contributed by atoms with Gasteiger partial charge in [0.05, 0.1) is 5.57 Å². The summed E-state index contributed by atoms with van der Waals surface area (Å²) in [5.41, 5.74) is 7.67. The minimum atomic E-state index is -1.41. The molecule has 2 N–H and O–H groups in total. The molecular formula is C18H18N2OSi. The van der Waals surface area contributed by atoms with E-state index in [1.807, 2.05) is 42.6 Å². The molecule has 4 heteroatoms. The van der Waals surface area contributed by atoms with E-state index in [1.54, 1.807) is 0 Å². The van der Waals surface area contributed by atoms with Crippen LogP contribution in [0.5, 0.6) is 0 Å². The first-order chi connectivity index (χ1) is 10.4. The predicted molar refractivity (Wildman–Crippen MR) is 94.0 cm³/mol. The van der Waals surface area contributed by atoms with Gasteiger partial charge in [-0.2, -0.15) is 0 Å². The number of aromatic amines is 1. The Morgan fingerprint density at radius 2 is 2.00 bits per heavy atom. The van der Waals surface area contributed by atoms with E-state index in [4.69, 9.17) is 0 Å². The molecule has 0 aliphatic carbocycles. The third-order valence-corrected chi connectivity index (χ3v) is 4.18. The minimum Gasteiger partial charge on any atom is -0.362 e. The van der Waals surface area contributed by atoms with Crippen molar-refractivity contribution in [2.75, 3.05) is 5.32 Å². The molecule has 1 aliphatic heterocycles. The predicted octanol–water partition coefficient (Wildman–Crippen LogP) is 3.74. The Labute approximate surface area is 131 Å². The van der Waals surface area contributed by atoms with Crippen LogP contribution in [0.15, 0.2) is 36.5 Å². The zero-order valence-electron chi connectivity index (χ0n) is 12.9. The molecule has 1 aromatic carbocycles. The average molecular weight is 306 g/mol. The number of rotatable bonds is 1. The molecule has 0 unspecified atom stereocenters. The first kappa shape index (κ1) is 14.4. The molecule has 0 atom stereocenters. The van der Waals surface area contributed by atoms with E-state index in [2.05, 4.69) is 41.4 Å². The Hall–Kier alpha value is -2.51. The van der Waals surface area contributed by atoms with Crippen molar-refractivity contribution < 1.29 is 4.79 Å². The highest BCUT2D eigenvalue weighted by molar-refractivity contribution is 6.83. The Morgan fingerprint density at radius 3 is 2.68 bits per heavy atom. The van der Waals surface area contributed by atoms with Gasteiger partial charge in [0.2, 0.25) is 0 Å². The summed E-state index contributed by atoms with van der Waals surface area (Å²) >= 11 is 0. The van der Waals surface area contributed by atoms with Gasteiger partial charge in [-0.05, 0) is 36.4 Å². The molecule has 0 saturated carbocycles. The third kappa shape index (κ3) is 3.05. The van der Waals surface area contributed by atoms with Crippen molar-refractivity contribution in [3.05, 3.63) is 53.3 Å². The average Bonchev–Trinajstić information content (AvgIpc) is 3.05. The van der Waals surface area contributed by atoms with Crippen molar-refractivity contribution in [3.63, 3.8) is 0 Å². The molecule has 3 nitrogen and oxygen atoms in total. The Bertz CT molecular complexity index is 815. The SMILES string of the molecule is C[Si](C)(C)C#Cc1ccc2c(c1)/C(=C/c1ccc[nH]1)C(=O)N2. The topological polar surface area (TPSA) is 44.9 Å². The Morgan fingerprint density at radius 1 is 1.18 bits per heavy atom. The van der Waals surface area contributed by atoms with Crippen LogP contribution in [-0.2, 0) is 4.79 Å². The quantitative estimate of drug-likeness (QED) is 0.470. The molecule has 0 fully saturated rings. The largest absolute Gasteiger partial charge is 0.362 e. The molecular weight excluding hydrogens is 288 g/mol. The molecule has 2 aromatic rings. The summed E-state index contributed by atoms with van der Waals surface area (Å²) in [5.74, 6) is 3.18. The van der Waals surface area contributed by atoms with Crippen LogP contribution in [0, 0.1) is 11.5 Å². The van der Waals surface area contributed by atoms with Crippen LogP contribution in [0.3, 0.4) is 0 Å². The highest BCUT2D eigenvalue weighted by atomic mass is 28.3. The highest BCUT2D eigenvalue weighted by Gasteiger charge is 2.24. The Balaban J connectivity index is 2.02. The van der Waals surface area contributed by atoms with Crippen LogP contribution in [-0.4, -0.2) is 19.0 Å². The van der Waals surface area contributed by atoms with E-state index in [0.29, 0.717) is 5.57 Å². The fourth-order valence-electron chi connectivity index (χ4n) is 2.26. The smallest absolute Gasteiger partial charge is 0.256 e. The minimum absolute atomic E-state index is 0.0695. The van der Waals surface area contributed by atoms with Crippen molar-refractivity contribution in [2.45, 2.75) is 19.6 Å².